The Morgan fingerprint density at radius 1 is 1.44 bits per heavy atom. The Morgan fingerprint density at radius 3 is 2.69 bits per heavy atom. The summed E-state index contributed by atoms with van der Waals surface area (Å²) in [6, 6.07) is 0. The molecule has 1 N–H and O–H groups in total. The first kappa shape index (κ1) is 14.7. The van der Waals surface area contributed by atoms with Gasteiger partial charge in [0.1, 0.15) is 5.78 Å². The molecule has 4 unspecified atom stereocenters. The molecule has 2 nitrogen and oxygen atoms in total. The first-order chi connectivity index (χ1) is 7.60. The molecule has 0 spiro atoms. The average Bonchev–Trinajstić information content (AvgIpc) is 2.61. The van der Waals surface area contributed by atoms with Crippen molar-refractivity contribution in [1.82, 2.24) is 0 Å². The van der Waals surface area contributed by atoms with Gasteiger partial charge in [0, 0.05) is 28.6 Å². The summed E-state index contributed by atoms with van der Waals surface area (Å²) in [5.74, 6) is 0.941. The van der Waals surface area contributed by atoms with Gasteiger partial charge in [-0.05, 0) is 31.6 Å². The van der Waals surface area contributed by atoms with E-state index in [0.717, 1.165) is 25.7 Å². The second kappa shape index (κ2) is 7.12. The molecule has 94 valence electrons. The molecule has 0 amide bonds. The average molecular weight is 356 g/mol. The van der Waals surface area contributed by atoms with E-state index in [1.807, 2.05) is 0 Å². The zero-order valence-electron chi connectivity index (χ0n) is 9.66. The summed E-state index contributed by atoms with van der Waals surface area (Å²) in [6.07, 6.45) is 4.39. The quantitative estimate of drug-likeness (QED) is 0.742. The molecule has 0 bridgehead atoms. The largest absolute Gasteiger partial charge is 0.396 e. The fraction of sp³-hybridized carbons (Fsp3) is 0.917. The topological polar surface area (TPSA) is 37.3 Å². The molecule has 1 rings (SSSR count). The minimum Gasteiger partial charge on any atom is -0.396 e. The van der Waals surface area contributed by atoms with Gasteiger partial charge in [-0.15, -0.1) is 0 Å². The van der Waals surface area contributed by atoms with E-state index in [4.69, 9.17) is 5.11 Å². The van der Waals surface area contributed by atoms with Crippen molar-refractivity contribution in [3.8, 4) is 0 Å². The van der Waals surface area contributed by atoms with Crippen LogP contribution in [0.5, 0.6) is 0 Å². The summed E-state index contributed by atoms with van der Waals surface area (Å²) in [6.45, 7) is 2.34. The van der Waals surface area contributed by atoms with Crippen LogP contribution in [0.2, 0.25) is 0 Å². The van der Waals surface area contributed by atoms with E-state index >= 15 is 0 Å². The number of aliphatic hydroxyl groups excluding tert-OH is 1. The molecule has 0 heterocycles. The Kier molecular flexibility index (Phi) is 6.52. The number of carbonyl (C=O) groups is 1. The van der Waals surface area contributed by atoms with Crippen LogP contribution in [-0.4, -0.2) is 27.2 Å². The number of carbonyl (C=O) groups excluding carboxylic acids is 1. The van der Waals surface area contributed by atoms with Crippen LogP contribution in [0.1, 0.15) is 39.0 Å². The number of halogens is 2. The SMILES string of the molecule is CCC(Br)C(Br)CC1C(=O)CCC1CCO. The Morgan fingerprint density at radius 2 is 2.12 bits per heavy atom. The molecular weight excluding hydrogens is 336 g/mol. The van der Waals surface area contributed by atoms with Gasteiger partial charge in [-0.25, -0.2) is 0 Å². The van der Waals surface area contributed by atoms with E-state index in [-0.39, 0.29) is 12.5 Å². The number of aliphatic hydroxyl groups is 1. The van der Waals surface area contributed by atoms with E-state index in [1.165, 1.54) is 0 Å². The summed E-state index contributed by atoms with van der Waals surface area (Å²) in [4.78, 5) is 12.6. The Labute approximate surface area is 114 Å². The first-order valence-corrected chi connectivity index (χ1v) is 7.85. The van der Waals surface area contributed by atoms with Gasteiger partial charge in [-0.2, -0.15) is 0 Å². The molecule has 0 radical (unpaired) electrons. The van der Waals surface area contributed by atoms with Gasteiger partial charge in [0.15, 0.2) is 0 Å². The first-order valence-electron chi connectivity index (χ1n) is 6.01. The van der Waals surface area contributed by atoms with Crippen molar-refractivity contribution in [2.24, 2.45) is 11.8 Å². The van der Waals surface area contributed by atoms with Gasteiger partial charge in [0.2, 0.25) is 0 Å². The van der Waals surface area contributed by atoms with Crippen LogP contribution >= 0.6 is 31.9 Å². The van der Waals surface area contributed by atoms with E-state index in [2.05, 4.69) is 38.8 Å². The normalized spacial score (nSPS) is 29.4. The van der Waals surface area contributed by atoms with Crippen LogP contribution in [0.3, 0.4) is 0 Å². The molecule has 1 saturated carbocycles. The molecule has 0 saturated heterocycles. The summed E-state index contributed by atoms with van der Waals surface area (Å²) in [5.41, 5.74) is 0. The molecular formula is C12H20Br2O2. The highest BCUT2D eigenvalue weighted by atomic mass is 79.9. The van der Waals surface area contributed by atoms with Crippen LogP contribution in [0.15, 0.2) is 0 Å². The van der Waals surface area contributed by atoms with Crippen LogP contribution in [0.4, 0.5) is 0 Å². The smallest absolute Gasteiger partial charge is 0.136 e. The standard InChI is InChI=1S/C12H20Br2O2/c1-2-10(13)11(14)7-9-8(5-6-15)3-4-12(9)16/h8-11,15H,2-7H2,1H3. The fourth-order valence-electron chi connectivity index (χ4n) is 2.46. The Bertz CT molecular complexity index is 233. The van der Waals surface area contributed by atoms with E-state index in [1.54, 1.807) is 0 Å². The number of rotatable bonds is 6. The zero-order valence-corrected chi connectivity index (χ0v) is 12.8. The second-order valence-electron chi connectivity index (χ2n) is 4.56. The van der Waals surface area contributed by atoms with E-state index < -0.39 is 0 Å². The third-order valence-electron chi connectivity index (χ3n) is 3.51. The highest BCUT2D eigenvalue weighted by Crippen LogP contribution is 2.37. The second-order valence-corrected chi connectivity index (χ2v) is 6.91. The van der Waals surface area contributed by atoms with Gasteiger partial charge >= 0.3 is 0 Å². The third kappa shape index (κ3) is 3.81. The highest BCUT2D eigenvalue weighted by molar-refractivity contribution is 9.12. The Balaban J connectivity index is 2.52. The van der Waals surface area contributed by atoms with Gasteiger partial charge < -0.3 is 5.11 Å². The predicted molar refractivity (Wildman–Crippen MR) is 73.3 cm³/mol. The van der Waals surface area contributed by atoms with Gasteiger partial charge in [0.25, 0.3) is 0 Å². The Hall–Kier alpha value is 0.590. The molecule has 0 aromatic heterocycles. The maximum atomic E-state index is 11.8. The molecule has 0 aromatic carbocycles. The molecule has 16 heavy (non-hydrogen) atoms. The lowest BCUT2D eigenvalue weighted by molar-refractivity contribution is -0.121. The highest BCUT2D eigenvalue weighted by Gasteiger charge is 2.36. The molecule has 4 heteroatoms. The predicted octanol–water partition coefficient (Wildman–Crippen LogP) is 3.29. The third-order valence-corrected chi connectivity index (χ3v) is 6.51. The molecule has 1 aliphatic carbocycles. The van der Waals surface area contributed by atoms with Crippen molar-refractivity contribution in [1.29, 1.82) is 0 Å². The molecule has 4 atom stereocenters. The monoisotopic (exact) mass is 354 g/mol. The van der Waals surface area contributed by atoms with Crippen LogP contribution in [0, 0.1) is 11.8 Å². The van der Waals surface area contributed by atoms with E-state index in [0.29, 0.717) is 27.8 Å². The van der Waals surface area contributed by atoms with Gasteiger partial charge in [0.05, 0.1) is 0 Å². The molecule has 1 fully saturated rings. The van der Waals surface area contributed by atoms with E-state index in [9.17, 15) is 4.79 Å². The van der Waals surface area contributed by atoms with Crippen molar-refractivity contribution in [3.63, 3.8) is 0 Å². The number of hydrogen-bond donors (Lipinski definition) is 1. The van der Waals surface area contributed by atoms with Crippen molar-refractivity contribution < 1.29 is 9.90 Å². The minimum absolute atomic E-state index is 0.156. The lowest BCUT2D eigenvalue weighted by Gasteiger charge is -2.22. The lowest BCUT2D eigenvalue weighted by atomic mass is 9.88. The number of ketones is 1. The number of alkyl halides is 2. The maximum absolute atomic E-state index is 11.8. The maximum Gasteiger partial charge on any atom is 0.136 e. The number of Topliss-reactive ketones (excluding diaryl/α,β-unsaturated/α-hetero) is 1. The van der Waals surface area contributed by atoms with Crippen molar-refractivity contribution in [2.45, 2.75) is 48.7 Å². The summed E-state index contributed by atoms with van der Waals surface area (Å²) < 4.78 is 0. The minimum atomic E-state index is 0.156. The fourth-order valence-corrected chi connectivity index (χ4v) is 3.45. The molecule has 0 aromatic rings. The van der Waals surface area contributed by atoms with Crippen molar-refractivity contribution in [3.05, 3.63) is 0 Å². The van der Waals surface area contributed by atoms with Crippen LogP contribution in [0.25, 0.3) is 0 Å². The van der Waals surface area contributed by atoms with Gasteiger partial charge in [-0.3, -0.25) is 4.79 Å². The van der Waals surface area contributed by atoms with Crippen LogP contribution < -0.4 is 0 Å². The van der Waals surface area contributed by atoms with Gasteiger partial charge in [-0.1, -0.05) is 38.8 Å². The summed E-state index contributed by atoms with van der Waals surface area (Å²) >= 11 is 7.28. The zero-order chi connectivity index (χ0) is 12.1. The lowest BCUT2D eigenvalue weighted by Crippen LogP contribution is -2.24. The summed E-state index contributed by atoms with van der Waals surface area (Å²) in [7, 11) is 0. The number of hydrogen-bond acceptors (Lipinski definition) is 2. The molecule has 0 aliphatic heterocycles. The van der Waals surface area contributed by atoms with Crippen molar-refractivity contribution >= 4 is 37.6 Å². The summed E-state index contributed by atoms with van der Waals surface area (Å²) in [5, 5.41) is 8.99. The molecule has 1 aliphatic rings. The van der Waals surface area contributed by atoms with Crippen LogP contribution in [-0.2, 0) is 4.79 Å². The van der Waals surface area contributed by atoms with Crippen molar-refractivity contribution in [2.75, 3.05) is 6.61 Å².